The zero-order valence-corrected chi connectivity index (χ0v) is 11.0. The molecule has 0 saturated heterocycles. The first-order valence-corrected chi connectivity index (χ1v) is 6.54. The van der Waals surface area contributed by atoms with Crippen LogP contribution in [0.2, 0.25) is 0 Å². The summed E-state index contributed by atoms with van der Waals surface area (Å²) < 4.78 is 5.02. The third-order valence-electron chi connectivity index (χ3n) is 3.78. The molecule has 0 aromatic heterocycles. The lowest BCUT2D eigenvalue weighted by atomic mass is 9.92. The van der Waals surface area contributed by atoms with E-state index in [1.807, 2.05) is 0 Å². The Morgan fingerprint density at radius 3 is 2.47 bits per heavy atom. The Bertz CT molecular complexity index is 340. The van der Waals surface area contributed by atoms with Crippen LogP contribution in [0.25, 0.3) is 0 Å². The Balaban J connectivity index is 1.81. The van der Waals surface area contributed by atoms with Gasteiger partial charge in [0.2, 0.25) is 0 Å². The van der Waals surface area contributed by atoms with Crippen molar-refractivity contribution in [3.05, 3.63) is 35.4 Å². The van der Waals surface area contributed by atoms with E-state index in [-0.39, 0.29) is 0 Å². The molecule has 1 aliphatic rings. The van der Waals surface area contributed by atoms with Gasteiger partial charge in [-0.3, -0.25) is 0 Å². The van der Waals surface area contributed by atoms with Gasteiger partial charge in [-0.2, -0.15) is 0 Å². The van der Waals surface area contributed by atoms with E-state index in [9.17, 15) is 0 Å². The van der Waals surface area contributed by atoms with Crippen LogP contribution in [0, 0.1) is 6.92 Å². The first kappa shape index (κ1) is 12.6. The van der Waals surface area contributed by atoms with Crippen LogP contribution in [0.1, 0.15) is 30.4 Å². The lowest BCUT2D eigenvalue weighted by Crippen LogP contribution is -2.23. The summed E-state index contributed by atoms with van der Waals surface area (Å²) in [7, 11) is 1.75. The lowest BCUT2D eigenvalue weighted by Gasteiger charge is -2.16. The fraction of sp³-hybridized carbons (Fsp3) is 0.600. The van der Waals surface area contributed by atoms with Gasteiger partial charge in [0.25, 0.3) is 0 Å². The van der Waals surface area contributed by atoms with Crippen LogP contribution in [-0.2, 0) is 10.2 Å². The topological polar surface area (TPSA) is 21.3 Å². The molecule has 1 fully saturated rings. The Kier molecular flexibility index (Phi) is 4.19. The maximum atomic E-state index is 5.02. The molecule has 0 heterocycles. The molecule has 1 aliphatic carbocycles. The highest BCUT2D eigenvalue weighted by Crippen LogP contribution is 2.50. The fourth-order valence-corrected chi connectivity index (χ4v) is 2.37. The van der Waals surface area contributed by atoms with Gasteiger partial charge in [0, 0.05) is 13.7 Å². The van der Waals surface area contributed by atoms with Crippen LogP contribution in [0.5, 0.6) is 0 Å². The van der Waals surface area contributed by atoms with Crippen molar-refractivity contribution >= 4 is 0 Å². The van der Waals surface area contributed by atoms with Crippen molar-refractivity contribution in [3.8, 4) is 0 Å². The van der Waals surface area contributed by atoms with Gasteiger partial charge in [0.15, 0.2) is 0 Å². The average molecular weight is 233 g/mol. The van der Waals surface area contributed by atoms with Gasteiger partial charge < -0.3 is 10.1 Å². The van der Waals surface area contributed by atoms with Crippen LogP contribution in [0.3, 0.4) is 0 Å². The van der Waals surface area contributed by atoms with Crippen LogP contribution in [-0.4, -0.2) is 26.8 Å². The average Bonchev–Trinajstić information content (AvgIpc) is 3.11. The first-order valence-electron chi connectivity index (χ1n) is 6.54. The van der Waals surface area contributed by atoms with Gasteiger partial charge in [-0.05, 0) is 43.7 Å². The molecule has 0 radical (unpaired) electrons. The van der Waals surface area contributed by atoms with Crippen molar-refractivity contribution in [2.45, 2.75) is 31.6 Å². The molecule has 2 nitrogen and oxygen atoms in total. The summed E-state index contributed by atoms with van der Waals surface area (Å²) in [5, 5.41) is 3.44. The number of methoxy groups -OCH3 is 1. The highest BCUT2D eigenvalue weighted by molar-refractivity contribution is 5.33. The minimum atomic E-state index is 0.480. The quantitative estimate of drug-likeness (QED) is 0.731. The Labute approximate surface area is 104 Å². The highest BCUT2D eigenvalue weighted by Gasteiger charge is 2.43. The standard InChI is InChI=1S/C15H23NO/c1-13-3-5-14(6-4-13)15(7-8-15)9-10-16-11-12-17-2/h3-6,16H,7-12H2,1-2H3. The van der Waals surface area contributed by atoms with Gasteiger partial charge in [0.1, 0.15) is 0 Å². The predicted octanol–water partition coefficient (Wildman–Crippen LogP) is 2.65. The second-order valence-electron chi connectivity index (χ2n) is 5.14. The molecule has 1 saturated carbocycles. The molecule has 0 bridgehead atoms. The van der Waals surface area contributed by atoms with E-state index in [2.05, 4.69) is 36.5 Å². The summed E-state index contributed by atoms with van der Waals surface area (Å²) in [5.41, 5.74) is 3.35. The molecule has 1 aromatic carbocycles. The van der Waals surface area contributed by atoms with Crippen molar-refractivity contribution < 1.29 is 4.74 Å². The third kappa shape index (κ3) is 3.30. The molecule has 1 aromatic rings. The van der Waals surface area contributed by atoms with Gasteiger partial charge in [-0.1, -0.05) is 29.8 Å². The summed E-state index contributed by atoms with van der Waals surface area (Å²) in [6.07, 6.45) is 3.95. The van der Waals surface area contributed by atoms with Crippen LogP contribution >= 0.6 is 0 Å². The van der Waals surface area contributed by atoms with E-state index in [4.69, 9.17) is 4.74 Å². The Morgan fingerprint density at radius 2 is 1.88 bits per heavy atom. The number of ether oxygens (including phenoxy) is 1. The van der Waals surface area contributed by atoms with E-state index in [1.165, 1.54) is 30.4 Å². The van der Waals surface area contributed by atoms with Gasteiger partial charge >= 0.3 is 0 Å². The van der Waals surface area contributed by atoms with E-state index < -0.39 is 0 Å². The van der Waals surface area contributed by atoms with Crippen molar-refractivity contribution in [2.75, 3.05) is 26.8 Å². The fourth-order valence-electron chi connectivity index (χ4n) is 2.37. The van der Waals surface area contributed by atoms with Crippen molar-refractivity contribution in [3.63, 3.8) is 0 Å². The molecule has 0 atom stereocenters. The molecular formula is C15H23NO. The number of hydrogen-bond acceptors (Lipinski definition) is 2. The largest absolute Gasteiger partial charge is 0.383 e. The maximum Gasteiger partial charge on any atom is 0.0587 e. The van der Waals surface area contributed by atoms with E-state index >= 15 is 0 Å². The number of aryl methyl sites for hydroxylation is 1. The number of benzene rings is 1. The molecule has 2 heteroatoms. The molecule has 94 valence electrons. The van der Waals surface area contributed by atoms with Crippen molar-refractivity contribution in [1.29, 1.82) is 0 Å². The normalized spacial score (nSPS) is 17.1. The molecule has 17 heavy (non-hydrogen) atoms. The first-order chi connectivity index (χ1) is 8.27. The van der Waals surface area contributed by atoms with E-state index in [0.717, 1.165) is 19.7 Å². The monoisotopic (exact) mass is 233 g/mol. The van der Waals surface area contributed by atoms with Crippen molar-refractivity contribution in [1.82, 2.24) is 5.32 Å². The predicted molar refractivity (Wildman–Crippen MR) is 71.5 cm³/mol. The number of rotatable bonds is 7. The van der Waals surface area contributed by atoms with Crippen LogP contribution < -0.4 is 5.32 Å². The van der Waals surface area contributed by atoms with Crippen LogP contribution in [0.4, 0.5) is 0 Å². The minimum absolute atomic E-state index is 0.480. The minimum Gasteiger partial charge on any atom is -0.383 e. The van der Waals surface area contributed by atoms with Crippen LogP contribution in [0.15, 0.2) is 24.3 Å². The molecule has 0 unspecified atom stereocenters. The summed E-state index contributed by atoms with van der Waals surface area (Å²) in [4.78, 5) is 0. The second kappa shape index (κ2) is 5.65. The third-order valence-corrected chi connectivity index (χ3v) is 3.78. The summed E-state index contributed by atoms with van der Waals surface area (Å²) in [6.45, 7) is 5.00. The highest BCUT2D eigenvalue weighted by atomic mass is 16.5. The Hall–Kier alpha value is -0.860. The summed E-state index contributed by atoms with van der Waals surface area (Å²) >= 11 is 0. The van der Waals surface area contributed by atoms with Gasteiger partial charge in [-0.25, -0.2) is 0 Å². The lowest BCUT2D eigenvalue weighted by molar-refractivity contribution is 0.199. The van der Waals surface area contributed by atoms with Crippen molar-refractivity contribution in [2.24, 2.45) is 0 Å². The molecule has 0 aliphatic heterocycles. The zero-order valence-electron chi connectivity index (χ0n) is 11.0. The SMILES string of the molecule is COCCNCCC1(c2ccc(C)cc2)CC1. The molecule has 1 N–H and O–H groups in total. The number of nitrogens with one attached hydrogen (secondary N) is 1. The van der Waals surface area contributed by atoms with E-state index in [1.54, 1.807) is 7.11 Å². The Morgan fingerprint density at radius 1 is 1.18 bits per heavy atom. The summed E-state index contributed by atoms with van der Waals surface area (Å²) in [5.74, 6) is 0. The molecule has 0 amide bonds. The maximum absolute atomic E-state index is 5.02. The second-order valence-corrected chi connectivity index (χ2v) is 5.14. The number of hydrogen-bond donors (Lipinski definition) is 1. The molecular weight excluding hydrogens is 210 g/mol. The molecule has 2 rings (SSSR count). The van der Waals surface area contributed by atoms with Gasteiger partial charge in [-0.15, -0.1) is 0 Å². The zero-order chi connectivity index (χ0) is 12.1. The van der Waals surface area contributed by atoms with Gasteiger partial charge in [0.05, 0.1) is 6.61 Å². The summed E-state index contributed by atoms with van der Waals surface area (Å²) in [6, 6.07) is 9.07. The van der Waals surface area contributed by atoms with E-state index in [0.29, 0.717) is 5.41 Å². The smallest absolute Gasteiger partial charge is 0.0587 e. The molecule has 0 spiro atoms.